The second-order valence-electron chi connectivity index (χ2n) is 8.75. The van der Waals surface area contributed by atoms with Gasteiger partial charge in [0.1, 0.15) is 24.2 Å². The summed E-state index contributed by atoms with van der Waals surface area (Å²) in [5, 5.41) is 15.1. The number of hydrogen-bond acceptors (Lipinski definition) is 8. The van der Waals surface area contributed by atoms with Crippen LogP contribution < -0.4 is 4.74 Å². The third kappa shape index (κ3) is 4.78. The van der Waals surface area contributed by atoms with Crippen molar-refractivity contribution in [2.45, 2.75) is 31.4 Å². The third-order valence-electron chi connectivity index (χ3n) is 6.17. The zero-order valence-electron chi connectivity index (χ0n) is 21.0. The molecule has 0 spiro atoms. The van der Waals surface area contributed by atoms with E-state index < -0.39 is 6.10 Å². The van der Waals surface area contributed by atoms with Gasteiger partial charge in [-0.25, -0.2) is 4.98 Å². The molecule has 2 N–H and O–H groups in total. The molecule has 1 atom stereocenters. The van der Waals surface area contributed by atoms with Gasteiger partial charge in [0.25, 0.3) is 11.7 Å². The number of aryl methyl sites for hydroxylation is 1. The molecule has 1 aromatic heterocycles. The topological polar surface area (TPSA) is 108 Å². The largest absolute Gasteiger partial charge is 0.495 e. The molecule has 3 heterocycles. The average molecular weight is 516 g/mol. The first-order valence-corrected chi connectivity index (χ1v) is 12.5. The lowest BCUT2D eigenvalue weighted by Gasteiger charge is -2.12. The minimum Gasteiger partial charge on any atom is -0.495 e. The number of imidazole rings is 1. The monoisotopic (exact) mass is 515 g/mol. The van der Waals surface area contributed by atoms with Gasteiger partial charge in [-0.2, -0.15) is 0 Å². The van der Waals surface area contributed by atoms with Crippen molar-refractivity contribution in [2.24, 2.45) is 22.1 Å². The normalized spacial score (nSPS) is 16.9. The lowest BCUT2D eigenvalue weighted by Crippen LogP contribution is -2.29. The summed E-state index contributed by atoms with van der Waals surface area (Å²) in [5.74, 6) is 2.63. The fourth-order valence-electron chi connectivity index (χ4n) is 4.32. The summed E-state index contributed by atoms with van der Waals surface area (Å²) < 4.78 is 18.8. The van der Waals surface area contributed by atoms with Gasteiger partial charge in [0.05, 0.1) is 29.4 Å². The van der Waals surface area contributed by atoms with Crippen molar-refractivity contribution in [1.82, 2.24) is 9.55 Å². The SMILES string of the molecule is COc1ccc(C2=C(C)N=[N+]3C(=NCc4cccc(-c5nccn5C)c4)C=C(C(C)O)N=C23)cc1SO. The number of nitrogens with zero attached hydrogens (tertiary/aromatic N) is 6. The second-order valence-corrected chi connectivity index (χ2v) is 9.37. The minimum absolute atomic E-state index is 0.415. The molecule has 0 saturated carbocycles. The van der Waals surface area contributed by atoms with E-state index in [2.05, 4.69) is 11.1 Å². The maximum atomic E-state index is 10.4. The molecule has 9 nitrogen and oxygen atoms in total. The lowest BCUT2D eigenvalue weighted by atomic mass is 10.0. The molecule has 0 radical (unpaired) electrons. The number of rotatable bonds is 7. The number of allylic oxidation sites excluding steroid dienone is 1. The van der Waals surface area contributed by atoms with E-state index >= 15 is 0 Å². The van der Waals surface area contributed by atoms with Gasteiger partial charge in [0.2, 0.25) is 0 Å². The standard InChI is InChI=1S/C27H26N6O3S/c1-16-25(19-8-9-22(36-4)23(13-19)37-35)27-30-21(17(2)34)14-24(33(27)31-16)29-15-18-6-5-7-20(12-18)26-28-10-11-32(26)3/h5-14,17,34H,15H2,1-4H3/p+1. The van der Waals surface area contributed by atoms with Crippen LogP contribution in [0.3, 0.4) is 0 Å². The highest BCUT2D eigenvalue weighted by Gasteiger charge is 2.37. The fraction of sp³-hybridized carbons (Fsp3) is 0.222. The van der Waals surface area contributed by atoms with Crippen LogP contribution in [0.2, 0.25) is 0 Å². The fourth-order valence-corrected chi connectivity index (χ4v) is 4.74. The van der Waals surface area contributed by atoms with Gasteiger partial charge >= 0.3 is 0 Å². The maximum absolute atomic E-state index is 10.4. The molecule has 1 unspecified atom stereocenters. The maximum Gasteiger partial charge on any atom is 0.297 e. The van der Waals surface area contributed by atoms with E-state index in [-0.39, 0.29) is 0 Å². The first kappa shape index (κ1) is 24.8. The van der Waals surface area contributed by atoms with Crippen LogP contribution >= 0.6 is 12.0 Å². The van der Waals surface area contributed by atoms with Crippen LogP contribution in [-0.2, 0) is 13.6 Å². The number of azo groups is 2. The number of methoxy groups -OCH3 is 1. The number of hydrogen-bond donors (Lipinski definition) is 2. The summed E-state index contributed by atoms with van der Waals surface area (Å²) in [6.45, 7) is 4.00. The van der Waals surface area contributed by atoms with Gasteiger partial charge in [0.15, 0.2) is 5.70 Å². The lowest BCUT2D eigenvalue weighted by molar-refractivity contribution is -0.345. The highest BCUT2D eigenvalue weighted by molar-refractivity contribution is 7.93. The Kier molecular flexibility index (Phi) is 6.88. The quantitative estimate of drug-likeness (QED) is 0.334. The molecular weight excluding hydrogens is 488 g/mol. The van der Waals surface area contributed by atoms with Gasteiger partial charge < -0.3 is 19.0 Å². The van der Waals surface area contributed by atoms with Crippen LogP contribution in [-0.4, -0.2) is 48.8 Å². The molecule has 0 aliphatic carbocycles. The Bertz CT molecular complexity index is 1530. The molecule has 2 aromatic carbocycles. The number of aromatic nitrogens is 2. The molecule has 37 heavy (non-hydrogen) atoms. The summed E-state index contributed by atoms with van der Waals surface area (Å²) in [4.78, 5) is 14.6. The van der Waals surface area contributed by atoms with Crippen molar-refractivity contribution in [3.63, 3.8) is 0 Å². The number of ether oxygens (including phenoxy) is 1. The van der Waals surface area contributed by atoms with Crippen LogP contribution in [0.15, 0.2) is 92.3 Å². The molecule has 0 saturated heterocycles. The van der Waals surface area contributed by atoms with E-state index in [1.807, 2.05) is 55.1 Å². The van der Waals surface area contributed by atoms with E-state index in [0.717, 1.165) is 33.8 Å². The number of amidine groups is 2. The van der Waals surface area contributed by atoms with Gasteiger partial charge in [0, 0.05) is 37.0 Å². The number of benzene rings is 2. The molecule has 10 heteroatoms. The molecule has 2 aliphatic heterocycles. The van der Waals surface area contributed by atoms with Crippen LogP contribution in [0.25, 0.3) is 17.0 Å². The van der Waals surface area contributed by atoms with Crippen molar-refractivity contribution >= 4 is 29.3 Å². The Labute approximate surface area is 219 Å². The van der Waals surface area contributed by atoms with Crippen molar-refractivity contribution in [3.05, 3.63) is 83.5 Å². The summed E-state index contributed by atoms with van der Waals surface area (Å²) in [6, 6.07) is 13.7. The Morgan fingerprint density at radius 3 is 2.73 bits per heavy atom. The van der Waals surface area contributed by atoms with E-state index in [1.165, 1.54) is 0 Å². The molecule has 2 aliphatic rings. The molecule has 188 valence electrons. The molecule has 3 aromatic rings. The van der Waals surface area contributed by atoms with Crippen LogP contribution in [0, 0.1) is 0 Å². The van der Waals surface area contributed by atoms with Crippen molar-refractivity contribution < 1.29 is 19.1 Å². The summed E-state index contributed by atoms with van der Waals surface area (Å²) in [5.41, 5.74) is 4.91. The molecule has 5 rings (SSSR count). The number of fused-ring (bicyclic) bond motifs is 1. The van der Waals surface area contributed by atoms with E-state index in [4.69, 9.17) is 19.8 Å². The highest BCUT2D eigenvalue weighted by Crippen LogP contribution is 2.36. The van der Waals surface area contributed by atoms with E-state index in [0.29, 0.717) is 46.6 Å². The zero-order chi connectivity index (χ0) is 26.1. The summed E-state index contributed by atoms with van der Waals surface area (Å²) in [6.07, 6.45) is 4.67. The Morgan fingerprint density at radius 2 is 2.03 bits per heavy atom. The second kappa shape index (κ2) is 10.3. The van der Waals surface area contributed by atoms with Crippen LogP contribution in [0.5, 0.6) is 5.75 Å². The minimum atomic E-state index is -0.784. The van der Waals surface area contributed by atoms with Crippen molar-refractivity contribution in [2.75, 3.05) is 7.11 Å². The van der Waals surface area contributed by atoms with E-state index in [9.17, 15) is 9.66 Å². The number of aliphatic imine (C=N–C) groups is 2. The molecular formula is C27H27N6O3S+. The smallest absolute Gasteiger partial charge is 0.297 e. The molecule has 0 amide bonds. The predicted octanol–water partition coefficient (Wildman–Crippen LogP) is 5.15. The Hall–Kier alpha value is -3.86. The third-order valence-corrected chi connectivity index (χ3v) is 6.69. The predicted molar refractivity (Wildman–Crippen MR) is 144 cm³/mol. The van der Waals surface area contributed by atoms with Crippen LogP contribution in [0.4, 0.5) is 0 Å². The Balaban J connectivity index is 1.49. The first-order valence-electron chi connectivity index (χ1n) is 11.7. The first-order chi connectivity index (χ1) is 17.9. The van der Waals surface area contributed by atoms with Crippen molar-refractivity contribution in [1.29, 1.82) is 0 Å². The average Bonchev–Trinajstić information content (AvgIpc) is 3.48. The number of aliphatic hydroxyl groups is 1. The number of aliphatic hydroxyl groups excluding tert-OH is 1. The molecule has 0 bridgehead atoms. The summed E-state index contributed by atoms with van der Waals surface area (Å²) >= 11 is 0.623. The highest BCUT2D eigenvalue weighted by atomic mass is 32.2. The van der Waals surface area contributed by atoms with Crippen molar-refractivity contribution in [3.8, 4) is 17.1 Å². The summed E-state index contributed by atoms with van der Waals surface area (Å²) in [7, 11) is 3.53. The Morgan fingerprint density at radius 1 is 1.19 bits per heavy atom. The van der Waals surface area contributed by atoms with Crippen LogP contribution in [0.1, 0.15) is 25.0 Å². The van der Waals surface area contributed by atoms with Gasteiger partial charge in [-0.3, -0.25) is 0 Å². The van der Waals surface area contributed by atoms with Gasteiger partial charge in [-0.15, -0.1) is 15.1 Å². The van der Waals surface area contributed by atoms with E-state index in [1.54, 1.807) is 37.1 Å². The zero-order valence-corrected chi connectivity index (χ0v) is 21.8. The van der Waals surface area contributed by atoms with Gasteiger partial charge in [-0.05, 0) is 43.2 Å². The van der Waals surface area contributed by atoms with Gasteiger partial charge in [-0.1, -0.05) is 29.0 Å². The molecule has 0 fully saturated rings.